The highest BCUT2D eigenvalue weighted by atomic mass is 16.5. The van der Waals surface area contributed by atoms with E-state index in [4.69, 9.17) is 4.52 Å². The third kappa shape index (κ3) is 3.21. The monoisotopic (exact) mass is 335 g/mol. The molecule has 2 aromatic heterocycles. The van der Waals surface area contributed by atoms with E-state index in [2.05, 4.69) is 32.6 Å². The highest BCUT2D eigenvalue weighted by Crippen LogP contribution is 2.20. The van der Waals surface area contributed by atoms with Crippen LogP contribution in [-0.4, -0.2) is 32.5 Å². The number of nitrogens with one attached hydrogen (secondary N) is 1. The first kappa shape index (κ1) is 15.3. The van der Waals surface area contributed by atoms with Gasteiger partial charge in [0.05, 0.1) is 12.4 Å². The van der Waals surface area contributed by atoms with Crippen molar-refractivity contribution in [2.75, 3.05) is 11.9 Å². The quantitative estimate of drug-likeness (QED) is 0.792. The fourth-order valence-electron chi connectivity index (χ4n) is 2.89. The van der Waals surface area contributed by atoms with E-state index >= 15 is 0 Å². The molecule has 7 nitrogen and oxygen atoms in total. The van der Waals surface area contributed by atoms with Crippen LogP contribution in [0.25, 0.3) is 0 Å². The van der Waals surface area contributed by atoms with Gasteiger partial charge in [0.15, 0.2) is 5.82 Å². The van der Waals surface area contributed by atoms with Gasteiger partial charge in [-0.3, -0.25) is 4.79 Å². The van der Waals surface area contributed by atoms with Crippen LogP contribution >= 0.6 is 0 Å². The van der Waals surface area contributed by atoms with Crippen molar-refractivity contribution in [1.82, 2.24) is 20.0 Å². The lowest BCUT2D eigenvalue weighted by atomic mass is 10.00. The molecule has 1 N–H and O–H groups in total. The maximum atomic E-state index is 12.7. The number of carbonyl (C=O) groups excluding carboxylic acids is 1. The Labute approximate surface area is 144 Å². The molecule has 1 aliphatic rings. The third-order valence-electron chi connectivity index (χ3n) is 4.17. The Morgan fingerprint density at radius 3 is 2.72 bits per heavy atom. The zero-order chi connectivity index (χ0) is 17.2. The Morgan fingerprint density at radius 2 is 2.00 bits per heavy atom. The molecular formula is C18H17N5O2. The van der Waals surface area contributed by atoms with Crippen LogP contribution in [0.1, 0.15) is 27.4 Å². The number of carbonyl (C=O) groups is 1. The Hall–Kier alpha value is -3.22. The standard InChI is InChI=1S/C18H17N5O2/c1-12-8-16(22-25-12)21-17-10-19-15(9-20-17)18(24)23-7-6-13-4-2-3-5-14(13)11-23/h2-5,8-10H,6-7,11H2,1H3,(H,20,21,22). The topological polar surface area (TPSA) is 84.2 Å². The van der Waals surface area contributed by atoms with Crippen molar-refractivity contribution in [1.29, 1.82) is 0 Å². The minimum atomic E-state index is -0.106. The predicted molar refractivity (Wildman–Crippen MR) is 91.4 cm³/mol. The molecule has 0 saturated carbocycles. The number of rotatable bonds is 3. The molecule has 0 spiro atoms. The van der Waals surface area contributed by atoms with Gasteiger partial charge < -0.3 is 14.7 Å². The van der Waals surface area contributed by atoms with Gasteiger partial charge >= 0.3 is 0 Å². The SMILES string of the molecule is Cc1cc(Nc2cnc(C(=O)N3CCc4ccccc4C3)cn2)no1. The van der Waals surface area contributed by atoms with Crippen LogP contribution in [0.4, 0.5) is 11.6 Å². The van der Waals surface area contributed by atoms with E-state index in [9.17, 15) is 4.79 Å². The van der Waals surface area contributed by atoms with Crippen LogP contribution in [0.5, 0.6) is 0 Å². The molecule has 0 unspecified atom stereocenters. The molecule has 0 bridgehead atoms. The zero-order valence-electron chi connectivity index (χ0n) is 13.8. The van der Waals surface area contributed by atoms with Crippen LogP contribution in [0.3, 0.4) is 0 Å². The largest absolute Gasteiger partial charge is 0.360 e. The van der Waals surface area contributed by atoms with E-state index in [-0.39, 0.29) is 5.91 Å². The van der Waals surface area contributed by atoms with Crippen molar-refractivity contribution in [3.63, 3.8) is 0 Å². The maximum absolute atomic E-state index is 12.7. The van der Waals surface area contributed by atoms with E-state index in [0.717, 1.165) is 6.42 Å². The lowest BCUT2D eigenvalue weighted by Crippen LogP contribution is -2.36. The van der Waals surface area contributed by atoms with Crippen molar-refractivity contribution in [2.45, 2.75) is 19.9 Å². The van der Waals surface area contributed by atoms with E-state index in [1.165, 1.54) is 23.5 Å². The van der Waals surface area contributed by atoms with Gasteiger partial charge in [-0.05, 0) is 24.5 Å². The van der Waals surface area contributed by atoms with Crippen LogP contribution < -0.4 is 5.32 Å². The number of amides is 1. The van der Waals surface area contributed by atoms with Gasteiger partial charge in [-0.2, -0.15) is 0 Å². The van der Waals surface area contributed by atoms with Gasteiger partial charge in [-0.1, -0.05) is 29.4 Å². The summed E-state index contributed by atoms with van der Waals surface area (Å²) in [5.74, 6) is 1.66. The minimum absolute atomic E-state index is 0.106. The van der Waals surface area contributed by atoms with Gasteiger partial charge in [-0.15, -0.1) is 0 Å². The summed E-state index contributed by atoms with van der Waals surface area (Å²) in [6, 6.07) is 9.96. The molecule has 3 aromatic rings. The summed E-state index contributed by atoms with van der Waals surface area (Å²) in [5, 5.41) is 6.81. The molecule has 0 atom stereocenters. The van der Waals surface area contributed by atoms with Crippen LogP contribution in [0.2, 0.25) is 0 Å². The first-order valence-corrected chi connectivity index (χ1v) is 8.07. The van der Waals surface area contributed by atoms with Gasteiger partial charge in [0, 0.05) is 19.2 Å². The first-order chi connectivity index (χ1) is 12.2. The van der Waals surface area contributed by atoms with Crippen LogP contribution in [0, 0.1) is 6.92 Å². The van der Waals surface area contributed by atoms with E-state index < -0.39 is 0 Å². The number of aromatic nitrogens is 3. The molecule has 1 aliphatic heterocycles. The molecule has 4 rings (SSSR count). The van der Waals surface area contributed by atoms with Crippen molar-refractivity contribution in [2.24, 2.45) is 0 Å². The summed E-state index contributed by atoms with van der Waals surface area (Å²) in [4.78, 5) is 22.9. The molecule has 0 aliphatic carbocycles. The molecule has 3 heterocycles. The molecule has 25 heavy (non-hydrogen) atoms. The van der Waals surface area contributed by atoms with E-state index in [0.29, 0.717) is 36.2 Å². The maximum Gasteiger partial charge on any atom is 0.274 e. The van der Waals surface area contributed by atoms with Crippen molar-refractivity contribution >= 4 is 17.5 Å². The second kappa shape index (κ2) is 6.35. The number of fused-ring (bicyclic) bond motifs is 1. The van der Waals surface area contributed by atoms with Crippen LogP contribution in [-0.2, 0) is 13.0 Å². The predicted octanol–water partition coefficient (Wildman–Crippen LogP) is 2.72. The summed E-state index contributed by atoms with van der Waals surface area (Å²) < 4.78 is 4.99. The Bertz CT molecular complexity index is 904. The summed E-state index contributed by atoms with van der Waals surface area (Å²) in [5.41, 5.74) is 2.83. The second-order valence-electron chi connectivity index (χ2n) is 5.98. The van der Waals surface area contributed by atoms with E-state index in [1.54, 1.807) is 11.0 Å². The van der Waals surface area contributed by atoms with E-state index in [1.807, 2.05) is 19.1 Å². The average molecular weight is 335 g/mol. The van der Waals surface area contributed by atoms with Gasteiger partial charge in [-0.25, -0.2) is 9.97 Å². The number of aryl methyl sites for hydroxylation is 1. The summed E-state index contributed by atoms with van der Waals surface area (Å²) in [6.45, 7) is 3.10. The van der Waals surface area contributed by atoms with Crippen molar-refractivity contribution in [3.05, 3.63) is 65.3 Å². The fraction of sp³-hybridized carbons (Fsp3) is 0.222. The third-order valence-corrected chi connectivity index (χ3v) is 4.17. The molecule has 7 heteroatoms. The Kier molecular flexibility index (Phi) is 3.89. The summed E-state index contributed by atoms with van der Waals surface area (Å²) in [6.07, 6.45) is 3.87. The molecule has 126 valence electrons. The first-order valence-electron chi connectivity index (χ1n) is 8.07. The lowest BCUT2D eigenvalue weighted by Gasteiger charge is -2.28. The fourth-order valence-corrected chi connectivity index (χ4v) is 2.89. The number of hydrogen-bond acceptors (Lipinski definition) is 6. The van der Waals surface area contributed by atoms with Crippen molar-refractivity contribution < 1.29 is 9.32 Å². The van der Waals surface area contributed by atoms with Gasteiger partial charge in [0.1, 0.15) is 17.3 Å². The number of anilines is 2. The van der Waals surface area contributed by atoms with Gasteiger partial charge in [0.2, 0.25) is 0 Å². The Balaban J connectivity index is 1.46. The molecule has 0 fully saturated rings. The van der Waals surface area contributed by atoms with Crippen molar-refractivity contribution in [3.8, 4) is 0 Å². The smallest absolute Gasteiger partial charge is 0.274 e. The minimum Gasteiger partial charge on any atom is -0.360 e. The highest BCUT2D eigenvalue weighted by Gasteiger charge is 2.22. The molecule has 1 aromatic carbocycles. The molecule has 0 saturated heterocycles. The molecular weight excluding hydrogens is 318 g/mol. The van der Waals surface area contributed by atoms with Crippen LogP contribution in [0.15, 0.2) is 47.2 Å². The number of benzene rings is 1. The second-order valence-corrected chi connectivity index (χ2v) is 5.98. The molecule has 1 amide bonds. The number of hydrogen-bond donors (Lipinski definition) is 1. The normalized spacial score (nSPS) is 13.4. The highest BCUT2D eigenvalue weighted by molar-refractivity contribution is 5.92. The zero-order valence-corrected chi connectivity index (χ0v) is 13.8. The van der Waals surface area contributed by atoms with Gasteiger partial charge in [0.25, 0.3) is 5.91 Å². The lowest BCUT2D eigenvalue weighted by molar-refractivity contribution is 0.0728. The molecule has 0 radical (unpaired) electrons. The average Bonchev–Trinajstić information content (AvgIpc) is 3.06. The Morgan fingerprint density at radius 1 is 1.16 bits per heavy atom. The summed E-state index contributed by atoms with van der Waals surface area (Å²) >= 11 is 0. The summed E-state index contributed by atoms with van der Waals surface area (Å²) in [7, 11) is 0. The number of nitrogens with zero attached hydrogens (tertiary/aromatic N) is 4.